The van der Waals surface area contributed by atoms with E-state index in [4.69, 9.17) is 4.74 Å². The highest BCUT2D eigenvalue weighted by molar-refractivity contribution is 5.29. The molecule has 0 spiro atoms. The quantitative estimate of drug-likeness (QED) is 0.867. The fourth-order valence-electron chi connectivity index (χ4n) is 2.83. The van der Waals surface area contributed by atoms with E-state index in [1.165, 1.54) is 5.56 Å². The maximum atomic E-state index is 5.73. The SMILES string of the molecule is CNCC(c1ccc(OC(C)C)cc1)N1CCN(C)CC1. The fraction of sp³-hybridized carbons (Fsp3) is 0.647. The average Bonchev–Trinajstić information content (AvgIpc) is 2.46. The van der Waals surface area contributed by atoms with Gasteiger partial charge in [-0.05, 0) is 45.6 Å². The summed E-state index contributed by atoms with van der Waals surface area (Å²) in [7, 11) is 4.22. The smallest absolute Gasteiger partial charge is 0.119 e. The van der Waals surface area contributed by atoms with Crippen molar-refractivity contribution < 1.29 is 4.74 Å². The van der Waals surface area contributed by atoms with E-state index < -0.39 is 0 Å². The number of likely N-dealkylation sites (N-methyl/N-ethyl adjacent to an activating group) is 2. The number of hydrogen-bond acceptors (Lipinski definition) is 4. The van der Waals surface area contributed by atoms with Crippen molar-refractivity contribution in [2.24, 2.45) is 0 Å². The van der Waals surface area contributed by atoms with E-state index in [9.17, 15) is 0 Å². The number of hydrogen-bond donors (Lipinski definition) is 1. The molecule has 1 N–H and O–H groups in total. The highest BCUT2D eigenvalue weighted by Gasteiger charge is 2.23. The Labute approximate surface area is 129 Å². The second-order valence-electron chi connectivity index (χ2n) is 6.15. The molecule has 1 atom stereocenters. The third-order valence-electron chi connectivity index (χ3n) is 4.01. The van der Waals surface area contributed by atoms with Crippen LogP contribution < -0.4 is 10.1 Å². The van der Waals surface area contributed by atoms with Crippen LogP contribution in [0.25, 0.3) is 0 Å². The minimum absolute atomic E-state index is 0.224. The second-order valence-corrected chi connectivity index (χ2v) is 6.15. The van der Waals surface area contributed by atoms with Gasteiger partial charge in [-0.1, -0.05) is 12.1 Å². The van der Waals surface area contributed by atoms with Crippen molar-refractivity contribution in [2.45, 2.75) is 26.0 Å². The van der Waals surface area contributed by atoms with E-state index in [1.54, 1.807) is 0 Å². The van der Waals surface area contributed by atoms with Crippen molar-refractivity contribution in [1.82, 2.24) is 15.1 Å². The average molecular weight is 291 g/mol. The molecule has 1 aliphatic rings. The summed E-state index contributed by atoms with van der Waals surface area (Å²) in [6.07, 6.45) is 0.224. The lowest BCUT2D eigenvalue weighted by Crippen LogP contribution is -2.47. The van der Waals surface area contributed by atoms with Crippen LogP contribution in [0.1, 0.15) is 25.5 Å². The molecule has 1 heterocycles. The molecule has 21 heavy (non-hydrogen) atoms. The zero-order chi connectivity index (χ0) is 15.2. The predicted molar refractivity (Wildman–Crippen MR) is 87.9 cm³/mol. The summed E-state index contributed by atoms with van der Waals surface area (Å²) >= 11 is 0. The van der Waals surface area contributed by atoms with Gasteiger partial charge in [-0.15, -0.1) is 0 Å². The standard InChI is InChI=1S/C17H29N3O/c1-14(2)21-16-7-5-15(6-8-16)17(13-18-3)20-11-9-19(4)10-12-20/h5-8,14,17-18H,9-13H2,1-4H3. The molecule has 1 aromatic carbocycles. The van der Waals surface area contributed by atoms with Crippen LogP contribution in [0.5, 0.6) is 5.75 Å². The van der Waals surface area contributed by atoms with Crippen LogP contribution in [0, 0.1) is 0 Å². The van der Waals surface area contributed by atoms with Gasteiger partial charge in [-0.3, -0.25) is 4.90 Å². The summed E-state index contributed by atoms with van der Waals surface area (Å²) < 4.78 is 5.73. The Kier molecular flexibility index (Phi) is 6.03. The molecule has 1 aliphatic heterocycles. The van der Waals surface area contributed by atoms with Gasteiger partial charge < -0.3 is 15.0 Å². The van der Waals surface area contributed by atoms with Crippen molar-refractivity contribution >= 4 is 0 Å². The molecule has 1 saturated heterocycles. The van der Waals surface area contributed by atoms with Crippen LogP contribution in [0.15, 0.2) is 24.3 Å². The monoisotopic (exact) mass is 291 g/mol. The van der Waals surface area contributed by atoms with Gasteiger partial charge in [-0.25, -0.2) is 0 Å². The van der Waals surface area contributed by atoms with Crippen molar-refractivity contribution in [1.29, 1.82) is 0 Å². The molecule has 2 rings (SSSR count). The topological polar surface area (TPSA) is 27.7 Å². The molecule has 0 amide bonds. The minimum Gasteiger partial charge on any atom is -0.491 e. The van der Waals surface area contributed by atoms with Gasteiger partial charge in [0.25, 0.3) is 0 Å². The number of rotatable bonds is 6. The van der Waals surface area contributed by atoms with Crippen molar-refractivity contribution in [3.05, 3.63) is 29.8 Å². The number of nitrogens with one attached hydrogen (secondary N) is 1. The second kappa shape index (κ2) is 7.78. The predicted octanol–water partition coefficient (Wildman–Crippen LogP) is 1.98. The molecular formula is C17H29N3O. The lowest BCUT2D eigenvalue weighted by molar-refractivity contribution is 0.111. The van der Waals surface area contributed by atoms with Crippen LogP contribution >= 0.6 is 0 Å². The number of piperazine rings is 1. The minimum atomic E-state index is 0.224. The van der Waals surface area contributed by atoms with Gasteiger partial charge in [0.05, 0.1) is 6.10 Å². The molecular weight excluding hydrogens is 262 g/mol. The van der Waals surface area contributed by atoms with Crippen LogP contribution in [-0.4, -0.2) is 62.7 Å². The molecule has 118 valence electrons. The van der Waals surface area contributed by atoms with E-state index in [0.717, 1.165) is 38.5 Å². The molecule has 4 nitrogen and oxygen atoms in total. The molecule has 0 aromatic heterocycles. The first-order valence-electron chi connectivity index (χ1n) is 7.94. The summed E-state index contributed by atoms with van der Waals surface area (Å²) in [5, 5.41) is 3.34. The zero-order valence-corrected chi connectivity index (χ0v) is 13.8. The third-order valence-corrected chi connectivity index (χ3v) is 4.01. The molecule has 4 heteroatoms. The van der Waals surface area contributed by atoms with E-state index in [2.05, 4.69) is 60.3 Å². The Bertz CT molecular complexity index is 411. The molecule has 0 saturated carbocycles. The Hall–Kier alpha value is -1.10. The largest absolute Gasteiger partial charge is 0.491 e. The third kappa shape index (κ3) is 4.70. The summed E-state index contributed by atoms with van der Waals surface area (Å²) in [6.45, 7) is 9.65. The highest BCUT2D eigenvalue weighted by atomic mass is 16.5. The first-order valence-corrected chi connectivity index (χ1v) is 7.94. The Morgan fingerprint density at radius 1 is 1.10 bits per heavy atom. The number of ether oxygens (including phenoxy) is 1. The lowest BCUT2D eigenvalue weighted by Gasteiger charge is -2.38. The van der Waals surface area contributed by atoms with Crippen LogP contribution in [0.2, 0.25) is 0 Å². The van der Waals surface area contributed by atoms with Gasteiger partial charge in [0.2, 0.25) is 0 Å². The highest BCUT2D eigenvalue weighted by Crippen LogP contribution is 2.24. The van der Waals surface area contributed by atoms with Crippen molar-refractivity contribution in [2.75, 3.05) is 46.8 Å². The maximum Gasteiger partial charge on any atom is 0.119 e. The van der Waals surface area contributed by atoms with E-state index in [1.807, 2.05) is 7.05 Å². The van der Waals surface area contributed by atoms with E-state index >= 15 is 0 Å². The first-order chi connectivity index (χ1) is 10.1. The van der Waals surface area contributed by atoms with Gasteiger partial charge in [0.15, 0.2) is 0 Å². The Balaban J connectivity index is 2.06. The van der Waals surface area contributed by atoms with Gasteiger partial charge in [0.1, 0.15) is 5.75 Å². The fourth-order valence-corrected chi connectivity index (χ4v) is 2.83. The molecule has 1 aromatic rings. The van der Waals surface area contributed by atoms with Gasteiger partial charge in [-0.2, -0.15) is 0 Å². The Morgan fingerprint density at radius 2 is 1.71 bits per heavy atom. The summed E-state index contributed by atoms with van der Waals surface area (Å²) in [4.78, 5) is 4.97. The summed E-state index contributed by atoms with van der Waals surface area (Å²) in [5.74, 6) is 0.954. The van der Waals surface area contributed by atoms with E-state index in [-0.39, 0.29) is 6.10 Å². The number of benzene rings is 1. The van der Waals surface area contributed by atoms with Crippen molar-refractivity contribution in [3.8, 4) is 5.75 Å². The van der Waals surface area contributed by atoms with Crippen LogP contribution in [0.3, 0.4) is 0 Å². The lowest BCUT2D eigenvalue weighted by atomic mass is 10.0. The van der Waals surface area contributed by atoms with E-state index in [0.29, 0.717) is 6.04 Å². The normalized spacial score (nSPS) is 18.9. The zero-order valence-electron chi connectivity index (χ0n) is 13.8. The molecule has 1 fully saturated rings. The molecule has 1 unspecified atom stereocenters. The van der Waals surface area contributed by atoms with Gasteiger partial charge >= 0.3 is 0 Å². The molecule has 0 aliphatic carbocycles. The van der Waals surface area contributed by atoms with Crippen molar-refractivity contribution in [3.63, 3.8) is 0 Å². The first kappa shape index (κ1) is 16.3. The van der Waals surface area contributed by atoms with Crippen LogP contribution in [-0.2, 0) is 0 Å². The molecule has 0 bridgehead atoms. The Morgan fingerprint density at radius 3 is 2.24 bits per heavy atom. The van der Waals surface area contributed by atoms with Crippen LogP contribution in [0.4, 0.5) is 0 Å². The number of nitrogens with zero attached hydrogens (tertiary/aromatic N) is 2. The summed E-state index contributed by atoms with van der Waals surface area (Å²) in [6, 6.07) is 9.04. The summed E-state index contributed by atoms with van der Waals surface area (Å²) in [5.41, 5.74) is 1.37. The molecule has 0 radical (unpaired) electrons. The van der Waals surface area contributed by atoms with Gasteiger partial charge in [0, 0.05) is 38.8 Å². The maximum absolute atomic E-state index is 5.73.